The quantitative estimate of drug-likeness (QED) is 0.722. The molecule has 26 heavy (non-hydrogen) atoms. The van der Waals surface area contributed by atoms with Crippen molar-refractivity contribution in [3.8, 4) is 5.75 Å². The van der Waals surface area contributed by atoms with Crippen LogP contribution in [-0.4, -0.2) is 43.5 Å². The molecule has 1 fully saturated rings. The number of carbonyl (C=O) groups is 2. The molecule has 6 nitrogen and oxygen atoms in total. The van der Waals surface area contributed by atoms with E-state index < -0.39 is 0 Å². The summed E-state index contributed by atoms with van der Waals surface area (Å²) in [6, 6.07) is 7.24. The van der Waals surface area contributed by atoms with Gasteiger partial charge < -0.3 is 20.7 Å². The lowest BCUT2D eigenvalue weighted by Crippen LogP contribution is -2.43. The third-order valence-corrected chi connectivity index (χ3v) is 4.80. The fourth-order valence-corrected chi connectivity index (χ4v) is 3.53. The minimum Gasteiger partial charge on any atom is -0.495 e. The fourth-order valence-electron chi connectivity index (χ4n) is 3.53. The molecular formula is C19H30ClN3O3. The van der Waals surface area contributed by atoms with E-state index in [0.717, 1.165) is 25.7 Å². The standard InChI is InChI=1S/C19H29N3O3.ClH/c1-3-11-22(19(24)15-8-6-7-14(15)12-20)13-18(23)21-16-9-4-5-10-17(16)25-2;/h4-5,9-10,14-15H,3,6-8,11-13,20H2,1-2H3,(H,21,23);1H/t14-,15-;/m1./s1. The average molecular weight is 384 g/mol. The molecule has 1 aliphatic rings. The average Bonchev–Trinajstić information content (AvgIpc) is 3.10. The summed E-state index contributed by atoms with van der Waals surface area (Å²) >= 11 is 0. The fraction of sp³-hybridized carbons (Fsp3) is 0.579. The number of para-hydroxylation sites is 2. The number of anilines is 1. The highest BCUT2D eigenvalue weighted by Gasteiger charge is 2.35. The lowest BCUT2D eigenvalue weighted by atomic mass is 9.94. The number of hydrogen-bond acceptors (Lipinski definition) is 4. The van der Waals surface area contributed by atoms with Gasteiger partial charge in [0, 0.05) is 12.5 Å². The Labute approximate surface area is 161 Å². The van der Waals surface area contributed by atoms with Crippen molar-refractivity contribution >= 4 is 29.9 Å². The van der Waals surface area contributed by atoms with Crippen LogP contribution in [0.5, 0.6) is 5.75 Å². The van der Waals surface area contributed by atoms with Gasteiger partial charge >= 0.3 is 0 Å². The third kappa shape index (κ3) is 5.61. The summed E-state index contributed by atoms with van der Waals surface area (Å²) in [6.45, 7) is 3.17. The van der Waals surface area contributed by atoms with Crippen molar-refractivity contribution in [2.24, 2.45) is 17.6 Å². The third-order valence-electron chi connectivity index (χ3n) is 4.80. The van der Waals surface area contributed by atoms with E-state index in [1.165, 1.54) is 0 Å². The topological polar surface area (TPSA) is 84.7 Å². The number of carbonyl (C=O) groups excluding carboxylic acids is 2. The molecule has 0 spiro atoms. The van der Waals surface area contributed by atoms with Crippen molar-refractivity contribution < 1.29 is 14.3 Å². The number of nitrogens with zero attached hydrogens (tertiary/aromatic N) is 1. The second kappa shape index (κ2) is 11.0. The van der Waals surface area contributed by atoms with Crippen LogP contribution in [0.4, 0.5) is 5.69 Å². The Kier molecular flexibility index (Phi) is 9.44. The molecule has 0 unspecified atom stereocenters. The highest BCUT2D eigenvalue weighted by Crippen LogP contribution is 2.32. The normalized spacial score (nSPS) is 18.7. The summed E-state index contributed by atoms with van der Waals surface area (Å²) in [5.74, 6) is 0.640. The molecule has 0 radical (unpaired) electrons. The van der Waals surface area contributed by atoms with Crippen molar-refractivity contribution in [2.45, 2.75) is 32.6 Å². The summed E-state index contributed by atoms with van der Waals surface area (Å²) < 4.78 is 5.25. The summed E-state index contributed by atoms with van der Waals surface area (Å²) in [4.78, 5) is 27.0. The second-order valence-electron chi connectivity index (χ2n) is 6.54. The van der Waals surface area contributed by atoms with Crippen LogP contribution in [-0.2, 0) is 9.59 Å². The zero-order valence-corrected chi connectivity index (χ0v) is 16.4. The first-order chi connectivity index (χ1) is 12.1. The number of halogens is 1. The number of methoxy groups -OCH3 is 1. The summed E-state index contributed by atoms with van der Waals surface area (Å²) in [7, 11) is 1.56. The molecule has 1 aromatic carbocycles. The zero-order chi connectivity index (χ0) is 18.2. The zero-order valence-electron chi connectivity index (χ0n) is 15.6. The first kappa shape index (κ1) is 22.3. The smallest absolute Gasteiger partial charge is 0.244 e. The summed E-state index contributed by atoms with van der Waals surface area (Å²) in [5.41, 5.74) is 6.42. The minimum atomic E-state index is -0.214. The van der Waals surface area contributed by atoms with Gasteiger partial charge in [0.05, 0.1) is 19.3 Å². The van der Waals surface area contributed by atoms with Gasteiger partial charge in [-0.3, -0.25) is 9.59 Å². The molecule has 0 saturated heterocycles. The molecule has 2 amide bonds. The molecule has 3 N–H and O–H groups in total. The minimum absolute atomic E-state index is 0. The predicted octanol–water partition coefficient (Wildman–Crippen LogP) is 2.67. The number of amides is 2. The van der Waals surface area contributed by atoms with E-state index in [1.807, 2.05) is 19.1 Å². The number of benzene rings is 1. The Morgan fingerprint density at radius 1 is 1.31 bits per heavy atom. The van der Waals surface area contributed by atoms with E-state index in [-0.39, 0.29) is 42.6 Å². The molecule has 2 rings (SSSR count). The molecule has 7 heteroatoms. The van der Waals surface area contributed by atoms with Crippen molar-refractivity contribution in [2.75, 3.05) is 32.1 Å². The molecule has 1 aliphatic carbocycles. The van der Waals surface area contributed by atoms with Crippen LogP contribution in [0, 0.1) is 11.8 Å². The number of ether oxygens (including phenoxy) is 1. The highest BCUT2D eigenvalue weighted by molar-refractivity contribution is 5.96. The molecular weight excluding hydrogens is 354 g/mol. The number of hydrogen-bond donors (Lipinski definition) is 2. The van der Waals surface area contributed by atoms with Crippen LogP contribution >= 0.6 is 12.4 Å². The van der Waals surface area contributed by atoms with Gasteiger partial charge in [-0.15, -0.1) is 12.4 Å². The summed E-state index contributed by atoms with van der Waals surface area (Å²) in [6.07, 6.45) is 3.72. The first-order valence-electron chi connectivity index (χ1n) is 9.02. The molecule has 0 aromatic heterocycles. The Balaban J connectivity index is 0.00000338. The van der Waals surface area contributed by atoms with Crippen LogP contribution in [0.1, 0.15) is 32.6 Å². The second-order valence-corrected chi connectivity index (χ2v) is 6.54. The largest absolute Gasteiger partial charge is 0.495 e. The molecule has 0 heterocycles. The molecule has 0 aliphatic heterocycles. The maximum Gasteiger partial charge on any atom is 0.244 e. The lowest BCUT2D eigenvalue weighted by molar-refractivity contribution is -0.139. The van der Waals surface area contributed by atoms with Crippen LogP contribution in [0.25, 0.3) is 0 Å². The van der Waals surface area contributed by atoms with Crippen LogP contribution in [0.15, 0.2) is 24.3 Å². The summed E-state index contributed by atoms with van der Waals surface area (Å²) in [5, 5.41) is 2.84. The van der Waals surface area contributed by atoms with E-state index >= 15 is 0 Å². The van der Waals surface area contributed by atoms with Gasteiger partial charge in [0.2, 0.25) is 11.8 Å². The van der Waals surface area contributed by atoms with Crippen LogP contribution < -0.4 is 15.8 Å². The van der Waals surface area contributed by atoms with Gasteiger partial charge in [0.1, 0.15) is 5.75 Å². The maximum atomic E-state index is 12.9. The molecule has 1 aromatic rings. The van der Waals surface area contributed by atoms with E-state index in [2.05, 4.69) is 5.32 Å². The highest BCUT2D eigenvalue weighted by atomic mass is 35.5. The van der Waals surface area contributed by atoms with E-state index in [4.69, 9.17) is 10.5 Å². The van der Waals surface area contributed by atoms with Crippen molar-refractivity contribution in [3.63, 3.8) is 0 Å². The van der Waals surface area contributed by atoms with Crippen LogP contribution in [0.3, 0.4) is 0 Å². The van der Waals surface area contributed by atoms with Crippen LogP contribution in [0.2, 0.25) is 0 Å². The van der Waals surface area contributed by atoms with Gasteiger partial charge in [-0.25, -0.2) is 0 Å². The van der Waals surface area contributed by atoms with E-state index in [9.17, 15) is 9.59 Å². The Morgan fingerprint density at radius 3 is 2.69 bits per heavy atom. The Hall–Kier alpha value is -1.79. The first-order valence-corrected chi connectivity index (χ1v) is 9.02. The predicted molar refractivity (Wildman–Crippen MR) is 106 cm³/mol. The lowest BCUT2D eigenvalue weighted by Gasteiger charge is -2.27. The SMILES string of the molecule is CCCN(CC(=O)Nc1ccccc1OC)C(=O)[C@@H]1CCC[C@@H]1CN.Cl. The van der Waals surface area contributed by atoms with Crippen molar-refractivity contribution in [1.82, 2.24) is 4.90 Å². The van der Waals surface area contributed by atoms with Crippen molar-refractivity contribution in [3.05, 3.63) is 24.3 Å². The number of nitrogens with one attached hydrogen (secondary N) is 1. The van der Waals surface area contributed by atoms with Crippen molar-refractivity contribution in [1.29, 1.82) is 0 Å². The molecule has 146 valence electrons. The van der Waals surface area contributed by atoms with Gasteiger partial charge in [0.15, 0.2) is 0 Å². The van der Waals surface area contributed by atoms with E-state index in [1.54, 1.807) is 24.1 Å². The molecule has 2 atom stereocenters. The Morgan fingerprint density at radius 2 is 2.04 bits per heavy atom. The van der Waals surface area contributed by atoms with Gasteiger partial charge in [-0.2, -0.15) is 0 Å². The Bertz CT molecular complexity index is 597. The number of nitrogens with two attached hydrogens (primary N) is 1. The maximum absolute atomic E-state index is 12.9. The number of rotatable bonds is 8. The van der Waals surface area contributed by atoms with Gasteiger partial charge in [0.25, 0.3) is 0 Å². The van der Waals surface area contributed by atoms with Gasteiger partial charge in [-0.1, -0.05) is 25.5 Å². The molecule has 0 bridgehead atoms. The van der Waals surface area contributed by atoms with E-state index in [0.29, 0.717) is 24.5 Å². The monoisotopic (exact) mass is 383 g/mol. The molecule has 1 saturated carbocycles. The van der Waals surface area contributed by atoms with Gasteiger partial charge in [-0.05, 0) is 43.9 Å².